The lowest BCUT2D eigenvalue weighted by Gasteiger charge is -2.26. The molecule has 3 heteroatoms. The topological polar surface area (TPSA) is 48.1 Å². The van der Waals surface area contributed by atoms with Crippen LogP contribution in [-0.2, 0) is 6.42 Å². The molecule has 1 aliphatic rings. The van der Waals surface area contributed by atoms with Gasteiger partial charge in [-0.1, -0.05) is 24.3 Å². The van der Waals surface area contributed by atoms with Gasteiger partial charge in [-0.25, -0.2) is 4.98 Å². The second-order valence-corrected chi connectivity index (χ2v) is 5.09. The number of nitrogens with zero attached hydrogens (tertiary/aromatic N) is 1. The lowest BCUT2D eigenvalue weighted by Crippen LogP contribution is -2.16. The molecule has 0 spiro atoms. The highest BCUT2D eigenvalue weighted by molar-refractivity contribution is 5.42. The molecule has 0 bridgehead atoms. The first-order chi connectivity index (χ1) is 9.24. The number of aromatic nitrogens is 1. The van der Waals surface area contributed by atoms with Crippen molar-refractivity contribution in [2.75, 3.05) is 5.73 Å². The van der Waals surface area contributed by atoms with Crippen LogP contribution in [0.3, 0.4) is 0 Å². The van der Waals surface area contributed by atoms with Crippen molar-refractivity contribution in [3.05, 3.63) is 53.2 Å². The van der Waals surface area contributed by atoms with Crippen LogP contribution in [0.15, 0.2) is 36.5 Å². The molecule has 1 aromatic carbocycles. The number of nitrogen functional groups attached to an aromatic ring is 1. The molecule has 2 aromatic rings. The van der Waals surface area contributed by atoms with E-state index in [-0.39, 0.29) is 6.10 Å². The van der Waals surface area contributed by atoms with Crippen LogP contribution < -0.4 is 10.5 Å². The molecule has 19 heavy (non-hydrogen) atoms. The van der Waals surface area contributed by atoms with Gasteiger partial charge in [-0.2, -0.15) is 0 Å². The van der Waals surface area contributed by atoms with Crippen molar-refractivity contribution in [3.8, 4) is 5.88 Å². The minimum atomic E-state index is 0.111. The van der Waals surface area contributed by atoms with Crippen molar-refractivity contribution < 1.29 is 4.74 Å². The maximum atomic E-state index is 6.10. The maximum Gasteiger partial charge on any atom is 0.216 e. The molecule has 0 aliphatic heterocycles. The minimum absolute atomic E-state index is 0.111. The Labute approximate surface area is 113 Å². The van der Waals surface area contributed by atoms with E-state index in [1.165, 1.54) is 11.1 Å². The summed E-state index contributed by atoms with van der Waals surface area (Å²) < 4.78 is 6.10. The fourth-order valence-corrected chi connectivity index (χ4v) is 2.67. The summed E-state index contributed by atoms with van der Waals surface area (Å²) in [6, 6.07) is 10.4. The molecule has 1 atom stereocenters. The first-order valence-corrected chi connectivity index (χ1v) is 6.70. The van der Waals surface area contributed by atoms with Crippen molar-refractivity contribution in [1.82, 2.24) is 4.98 Å². The molecule has 2 N–H and O–H groups in total. The zero-order valence-electron chi connectivity index (χ0n) is 11.1. The Balaban J connectivity index is 1.88. The summed E-state index contributed by atoms with van der Waals surface area (Å²) in [6.07, 6.45) is 5.11. The monoisotopic (exact) mass is 254 g/mol. The van der Waals surface area contributed by atoms with E-state index >= 15 is 0 Å². The van der Waals surface area contributed by atoms with Gasteiger partial charge < -0.3 is 10.5 Å². The van der Waals surface area contributed by atoms with Gasteiger partial charge in [0.25, 0.3) is 0 Å². The highest BCUT2D eigenvalue weighted by Crippen LogP contribution is 2.33. The molecular formula is C16H18N2O. The first-order valence-electron chi connectivity index (χ1n) is 6.70. The molecule has 98 valence electrons. The van der Waals surface area contributed by atoms with Gasteiger partial charge in [-0.3, -0.25) is 0 Å². The Bertz CT molecular complexity index is 595. The third-order valence-corrected chi connectivity index (χ3v) is 3.62. The van der Waals surface area contributed by atoms with Gasteiger partial charge in [0.2, 0.25) is 5.88 Å². The average Bonchev–Trinajstić information content (AvgIpc) is 2.42. The number of hydrogen-bond acceptors (Lipinski definition) is 3. The van der Waals surface area contributed by atoms with Crippen molar-refractivity contribution in [1.29, 1.82) is 0 Å². The molecular weight excluding hydrogens is 236 g/mol. The highest BCUT2D eigenvalue weighted by Gasteiger charge is 2.22. The molecule has 0 fully saturated rings. The van der Waals surface area contributed by atoms with Crippen LogP contribution >= 0.6 is 0 Å². The van der Waals surface area contributed by atoms with Crippen LogP contribution in [0.25, 0.3) is 0 Å². The van der Waals surface area contributed by atoms with Crippen LogP contribution in [0.1, 0.15) is 35.6 Å². The number of hydrogen-bond donors (Lipinski definition) is 1. The minimum Gasteiger partial charge on any atom is -0.469 e. The van der Waals surface area contributed by atoms with E-state index in [4.69, 9.17) is 10.5 Å². The number of ether oxygens (including phenoxy) is 1. The quantitative estimate of drug-likeness (QED) is 0.893. The number of rotatable bonds is 2. The summed E-state index contributed by atoms with van der Waals surface area (Å²) in [4.78, 5) is 4.30. The third kappa shape index (κ3) is 2.41. The molecule has 0 amide bonds. The molecule has 1 unspecified atom stereocenters. The Morgan fingerprint density at radius 1 is 1.32 bits per heavy atom. The first kappa shape index (κ1) is 12.0. The lowest BCUT2D eigenvalue weighted by atomic mass is 9.89. The van der Waals surface area contributed by atoms with Crippen LogP contribution in [-0.4, -0.2) is 4.98 Å². The van der Waals surface area contributed by atoms with Crippen molar-refractivity contribution >= 4 is 5.69 Å². The molecule has 3 nitrogen and oxygen atoms in total. The summed E-state index contributed by atoms with van der Waals surface area (Å²) in [6.45, 7) is 1.98. The molecule has 0 saturated carbocycles. The fraction of sp³-hybridized carbons (Fsp3) is 0.312. The van der Waals surface area contributed by atoms with Gasteiger partial charge in [0, 0.05) is 5.56 Å². The molecule has 1 aromatic heterocycles. The Kier molecular flexibility index (Phi) is 3.11. The van der Waals surface area contributed by atoms with E-state index in [0.29, 0.717) is 11.6 Å². The number of fused-ring (bicyclic) bond motifs is 1. The van der Waals surface area contributed by atoms with Crippen LogP contribution in [0, 0.1) is 6.92 Å². The highest BCUT2D eigenvalue weighted by atomic mass is 16.5. The molecule has 1 heterocycles. The number of aryl methyl sites for hydroxylation is 2. The van der Waals surface area contributed by atoms with Gasteiger partial charge in [0.1, 0.15) is 6.10 Å². The number of pyridine rings is 1. The zero-order chi connectivity index (χ0) is 13.2. The standard InChI is InChI=1S/C16H18N2O/c1-11-9-13(17)10-18-16(11)19-15-8-4-6-12-5-2-3-7-14(12)15/h2-3,5,7,9-10,15H,4,6,8,17H2,1H3. The second kappa shape index (κ2) is 4.92. The van der Waals surface area contributed by atoms with Crippen molar-refractivity contribution in [3.63, 3.8) is 0 Å². The summed E-state index contributed by atoms with van der Waals surface area (Å²) in [7, 11) is 0. The van der Waals surface area contributed by atoms with Gasteiger partial charge in [0.15, 0.2) is 0 Å². The van der Waals surface area contributed by atoms with Gasteiger partial charge in [-0.15, -0.1) is 0 Å². The van der Waals surface area contributed by atoms with Crippen molar-refractivity contribution in [2.24, 2.45) is 0 Å². The van der Waals surface area contributed by atoms with E-state index in [2.05, 4.69) is 29.2 Å². The van der Waals surface area contributed by atoms with Gasteiger partial charge >= 0.3 is 0 Å². The summed E-state index contributed by atoms with van der Waals surface area (Å²) in [5, 5.41) is 0. The Morgan fingerprint density at radius 3 is 3.00 bits per heavy atom. The maximum absolute atomic E-state index is 6.10. The van der Waals surface area contributed by atoms with Crippen LogP contribution in [0.2, 0.25) is 0 Å². The van der Waals surface area contributed by atoms with E-state index in [0.717, 1.165) is 24.8 Å². The predicted octanol–water partition coefficient (Wildman–Crippen LogP) is 3.43. The molecule has 0 radical (unpaired) electrons. The van der Waals surface area contributed by atoms with E-state index in [1.54, 1.807) is 6.20 Å². The van der Waals surface area contributed by atoms with Gasteiger partial charge in [0.05, 0.1) is 11.9 Å². The molecule has 1 aliphatic carbocycles. The lowest BCUT2D eigenvalue weighted by molar-refractivity contribution is 0.174. The Morgan fingerprint density at radius 2 is 2.16 bits per heavy atom. The fourth-order valence-electron chi connectivity index (χ4n) is 2.67. The normalized spacial score (nSPS) is 17.8. The van der Waals surface area contributed by atoms with Crippen LogP contribution in [0.5, 0.6) is 5.88 Å². The summed E-state index contributed by atoms with van der Waals surface area (Å²) >= 11 is 0. The molecule has 0 saturated heterocycles. The number of nitrogens with two attached hydrogens (primary N) is 1. The summed E-state index contributed by atoms with van der Waals surface area (Å²) in [5.41, 5.74) is 10.1. The summed E-state index contributed by atoms with van der Waals surface area (Å²) in [5.74, 6) is 0.691. The zero-order valence-corrected chi connectivity index (χ0v) is 11.1. The van der Waals surface area contributed by atoms with Crippen LogP contribution in [0.4, 0.5) is 5.69 Å². The van der Waals surface area contributed by atoms with Gasteiger partial charge in [-0.05, 0) is 43.4 Å². The third-order valence-electron chi connectivity index (χ3n) is 3.62. The largest absolute Gasteiger partial charge is 0.469 e. The smallest absolute Gasteiger partial charge is 0.216 e. The second-order valence-electron chi connectivity index (χ2n) is 5.09. The van der Waals surface area contributed by atoms with E-state index in [1.807, 2.05) is 13.0 Å². The number of anilines is 1. The Hall–Kier alpha value is -2.03. The molecule has 3 rings (SSSR count). The SMILES string of the molecule is Cc1cc(N)cnc1OC1CCCc2ccccc21. The average molecular weight is 254 g/mol. The van der Waals surface area contributed by atoms with E-state index in [9.17, 15) is 0 Å². The predicted molar refractivity (Wildman–Crippen MR) is 76.1 cm³/mol. The van der Waals surface area contributed by atoms with E-state index < -0.39 is 0 Å². The number of benzene rings is 1. The van der Waals surface area contributed by atoms with Crippen molar-refractivity contribution in [2.45, 2.75) is 32.3 Å².